The zero-order valence-corrected chi connectivity index (χ0v) is 14.0. The third-order valence-corrected chi connectivity index (χ3v) is 6.67. The molecule has 2 aliphatic heterocycles. The van der Waals surface area contributed by atoms with E-state index in [1.54, 1.807) is 6.07 Å². The van der Waals surface area contributed by atoms with Gasteiger partial charge in [-0.1, -0.05) is 0 Å². The van der Waals surface area contributed by atoms with E-state index >= 15 is 0 Å². The lowest BCUT2D eigenvalue weighted by molar-refractivity contribution is -0.159. The Balaban J connectivity index is 1.83. The van der Waals surface area contributed by atoms with E-state index in [0.717, 1.165) is 0 Å². The predicted octanol–water partition coefficient (Wildman–Crippen LogP) is 0.448. The highest BCUT2D eigenvalue weighted by atomic mass is 32.2. The number of thioether (sulfide) groups is 1. The minimum Gasteiger partial charge on any atom is -0.481 e. The molecule has 0 aromatic carbocycles. The van der Waals surface area contributed by atoms with Crippen LogP contribution in [0.1, 0.15) is 6.92 Å². The lowest BCUT2D eigenvalue weighted by atomic mass is 9.88. The minimum absolute atomic E-state index is 0.0258. The van der Waals surface area contributed by atoms with Crippen LogP contribution in [0, 0.1) is 5.41 Å². The second-order valence-corrected chi connectivity index (χ2v) is 7.73. The van der Waals surface area contributed by atoms with Gasteiger partial charge in [0.2, 0.25) is 11.8 Å². The molecule has 0 saturated carbocycles. The molecule has 9 heteroatoms. The fraction of sp³-hybridized carbons (Fsp3) is 0.500. The number of carbonyl (C=O) groups is 3. The number of fused-ring (bicyclic) bond motifs is 1. The fourth-order valence-corrected chi connectivity index (χ4v) is 5.28. The van der Waals surface area contributed by atoms with E-state index in [9.17, 15) is 24.6 Å². The quantitative estimate of drug-likeness (QED) is 0.760. The molecule has 1 aromatic heterocycles. The first-order valence-corrected chi connectivity index (χ1v) is 8.94. The highest BCUT2D eigenvalue weighted by Crippen LogP contribution is 2.45. The summed E-state index contributed by atoms with van der Waals surface area (Å²) < 4.78 is 0. The average molecular weight is 356 g/mol. The number of hydrogen-bond donors (Lipinski definition) is 2. The van der Waals surface area contributed by atoms with Crippen molar-refractivity contribution in [3.8, 4) is 0 Å². The zero-order chi connectivity index (χ0) is 16.8. The Labute approximate surface area is 140 Å². The first-order chi connectivity index (χ1) is 10.9. The summed E-state index contributed by atoms with van der Waals surface area (Å²) in [5.41, 5.74) is -1.33. The maximum atomic E-state index is 12.5. The number of carboxylic acid groups (broad SMARTS) is 1. The number of amides is 2. The summed E-state index contributed by atoms with van der Waals surface area (Å²) in [6.45, 7) is 0.873. The standard InChI is InChI=1S/C14H16N2O5S2/c1-8(18)16(9-3-2-4-22-9)10-11(19)15-5-14(6-17,13(20)21)7-23-12(10)15/h2-4,10,12,17H,5-7H2,1H3,(H,20,21)/t10?,12-,14?/m1/s1. The van der Waals surface area contributed by atoms with Crippen LogP contribution in [0.4, 0.5) is 5.00 Å². The Kier molecular flexibility index (Phi) is 4.11. The van der Waals surface area contributed by atoms with Crippen LogP contribution in [-0.4, -0.2) is 63.2 Å². The van der Waals surface area contributed by atoms with Gasteiger partial charge in [-0.15, -0.1) is 23.1 Å². The summed E-state index contributed by atoms with van der Waals surface area (Å²) in [6, 6.07) is 2.98. The van der Waals surface area contributed by atoms with E-state index in [2.05, 4.69) is 0 Å². The fourth-order valence-electron chi connectivity index (χ4n) is 2.90. The van der Waals surface area contributed by atoms with Gasteiger partial charge in [0.1, 0.15) is 16.8 Å². The van der Waals surface area contributed by atoms with Crippen LogP contribution in [0.25, 0.3) is 0 Å². The molecule has 2 amide bonds. The number of hydrogen-bond acceptors (Lipinski definition) is 6. The number of rotatable bonds is 4. The largest absolute Gasteiger partial charge is 0.481 e. The summed E-state index contributed by atoms with van der Waals surface area (Å²) >= 11 is 2.68. The van der Waals surface area contributed by atoms with Gasteiger partial charge >= 0.3 is 5.97 Å². The van der Waals surface area contributed by atoms with E-state index in [4.69, 9.17) is 0 Å². The topological polar surface area (TPSA) is 98.2 Å². The maximum Gasteiger partial charge on any atom is 0.314 e. The average Bonchev–Trinajstić information content (AvgIpc) is 3.04. The molecule has 2 N–H and O–H groups in total. The molecule has 0 radical (unpaired) electrons. The second-order valence-electron chi connectivity index (χ2n) is 5.70. The van der Waals surface area contributed by atoms with Gasteiger partial charge in [0, 0.05) is 19.2 Å². The Morgan fingerprint density at radius 1 is 1.52 bits per heavy atom. The van der Waals surface area contributed by atoms with E-state index in [0.29, 0.717) is 5.00 Å². The molecule has 1 aromatic rings. The SMILES string of the molecule is CC(=O)N(c1cccs1)C1C(=O)N2CC(CO)(C(=O)O)CS[C@H]12. The van der Waals surface area contributed by atoms with E-state index in [1.165, 1.54) is 39.8 Å². The van der Waals surface area contributed by atoms with Gasteiger partial charge in [-0.25, -0.2) is 0 Å². The van der Waals surface area contributed by atoms with Gasteiger partial charge in [-0.2, -0.15) is 0 Å². The van der Waals surface area contributed by atoms with E-state index in [1.807, 2.05) is 11.4 Å². The van der Waals surface area contributed by atoms with E-state index in [-0.39, 0.29) is 29.5 Å². The number of aliphatic carboxylic acids is 1. The van der Waals surface area contributed by atoms with Gasteiger partial charge in [-0.05, 0) is 17.5 Å². The second kappa shape index (κ2) is 5.81. The van der Waals surface area contributed by atoms with Gasteiger partial charge in [0.05, 0.1) is 11.6 Å². The van der Waals surface area contributed by atoms with Crippen LogP contribution in [0.15, 0.2) is 17.5 Å². The first kappa shape index (κ1) is 16.3. The molecule has 7 nitrogen and oxygen atoms in total. The molecule has 0 spiro atoms. The maximum absolute atomic E-state index is 12.5. The molecule has 2 unspecified atom stereocenters. The highest BCUT2D eigenvalue weighted by molar-refractivity contribution is 8.00. The van der Waals surface area contributed by atoms with Crippen molar-refractivity contribution in [1.29, 1.82) is 0 Å². The Hall–Kier alpha value is -1.58. The lowest BCUT2D eigenvalue weighted by Crippen LogP contribution is -2.74. The third-order valence-electron chi connectivity index (χ3n) is 4.23. The summed E-state index contributed by atoms with van der Waals surface area (Å²) in [5, 5.41) is 21.1. The van der Waals surface area contributed by atoms with Gasteiger partial charge < -0.3 is 15.1 Å². The van der Waals surface area contributed by atoms with Crippen molar-refractivity contribution < 1.29 is 24.6 Å². The van der Waals surface area contributed by atoms with Crippen LogP contribution in [0.5, 0.6) is 0 Å². The third kappa shape index (κ3) is 2.43. The van der Waals surface area contributed by atoms with E-state index < -0.39 is 24.0 Å². The summed E-state index contributed by atoms with van der Waals surface area (Å²) in [4.78, 5) is 38.9. The molecule has 23 heavy (non-hydrogen) atoms. The number of β-lactam (4-membered cyclic amide) rings is 1. The molecule has 2 saturated heterocycles. The van der Waals surface area contributed by atoms with Crippen LogP contribution in [0.2, 0.25) is 0 Å². The molecule has 124 valence electrons. The number of carbonyl (C=O) groups excluding carboxylic acids is 2. The van der Waals surface area contributed by atoms with Gasteiger partial charge in [0.25, 0.3) is 0 Å². The molecular weight excluding hydrogens is 340 g/mol. The first-order valence-electron chi connectivity index (χ1n) is 7.01. The monoisotopic (exact) mass is 356 g/mol. The van der Waals surface area contributed by atoms with Crippen molar-refractivity contribution in [3.05, 3.63) is 17.5 Å². The Morgan fingerprint density at radius 3 is 2.78 bits per heavy atom. The van der Waals surface area contributed by atoms with Crippen LogP contribution < -0.4 is 4.90 Å². The number of thiophene rings is 1. The lowest BCUT2D eigenvalue weighted by Gasteiger charge is -2.55. The molecule has 3 heterocycles. The Morgan fingerprint density at radius 2 is 2.26 bits per heavy atom. The molecule has 2 fully saturated rings. The van der Waals surface area contributed by atoms with Crippen molar-refractivity contribution in [3.63, 3.8) is 0 Å². The number of nitrogens with zero attached hydrogens (tertiary/aromatic N) is 2. The number of aliphatic hydroxyl groups is 1. The molecular formula is C14H16N2O5S2. The van der Waals surface area contributed by atoms with Gasteiger partial charge in [0.15, 0.2) is 0 Å². The highest BCUT2D eigenvalue weighted by Gasteiger charge is 2.59. The summed E-state index contributed by atoms with van der Waals surface area (Å²) in [5.74, 6) is -1.39. The van der Waals surface area contributed by atoms with Gasteiger partial charge in [-0.3, -0.25) is 19.3 Å². The Bertz CT molecular complexity index is 650. The predicted molar refractivity (Wildman–Crippen MR) is 86.4 cm³/mol. The molecule has 0 bridgehead atoms. The molecule has 3 rings (SSSR count). The molecule has 0 aliphatic carbocycles. The summed E-state index contributed by atoms with van der Waals surface area (Å²) in [6.07, 6.45) is 0. The zero-order valence-electron chi connectivity index (χ0n) is 12.3. The van der Waals surface area contributed by atoms with Crippen LogP contribution >= 0.6 is 23.1 Å². The number of carboxylic acids is 1. The smallest absolute Gasteiger partial charge is 0.314 e. The summed E-state index contributed by atoms with van der Waals surface area (Å²) in [7, 11) is 0. The number of aliphatic hydroxyl groups excluding tert-OH is 1. The molecule has 3 atom stereocenters. The van der Waals surface area contributed by atoms with Crippen molar-refractivity contribution in [2.45, 2.75) is 18.3 Å². The van der Waals surface area contributed by atoms with Crippen LogP contribution in [-0.2, 0) is 14.4 Å². The van der Waals surface area contributed by atoms with Crippen molar-refractivity contribution in [2.24, 2.45) is 5.41 Å². The molecule has 2 aliphatic rings. The van der Waals surface area contributed by atoms with Crippen molar-refractivity contribution in [1.82, 2.24) is 4.90 Å². The minimum atomic E-state index is -1.33. The van der Waals surface area contributed by atoms with Crippen molar-refractivity contribution in [2.75, 3.05) is 23.8 Å². The normalized spacial score (nSPS) is 29.7. The number of anilines is 1. The van der Waals surface area contributed by atoms with Crippen LogP contribution in [0.3, 0.4) is 0 Å². The van der Waals surface area contributed by atoms with Crippen molar-refractivity contribution >= 4 is 45.9 Å².